The quantitative estimate of drug-likeness (QED) is 0.134. The SMILES string of the molecule is C=C\C=C/C=C\C=C\C1=C(\C=C/c2ccc3sc4c(c3c2)c2ccccc2c2c4c3ccc(-c4ccccc4)cc3n2-c2ccccc2)c2ccccc2C12c1ccccc1-c1ccccc12.Cc1ccccc1. The summed E-state index contributed by atoms with van der Waals surface area (Å²) in [6.07, 6.45) is 19.2. The minimum atomic E-state index is -0.455. The molecule has 12 aromatic rings. The molecule has 1 spiro atoms. The minimum Gasteiger partial charge on any atom is -0.309 e. The fourth-order valence-corrected chi connectivity index (χ4v) is 13.1. The van der Waals surface area contributed by atoms with E-state index < -0.39 is 5.41 Å². The molecule has 0 fully saturated rings. The van der Waals surface area contributed by atoms with Crippen molar-refractivity contribution >= 4 is 75.7 Å². The molecule has 0 amide bonds. The summed E-state index contributed by atoms with van der Waals surface area (Å²) in [4.78, 5) is 0. The first-order valence-electron chi connectivity index (χ1n) is 25.5. The third-order valence-electron chi connectivity index (χ3n) is 15.0. The molecule has 0 saturated heterocycles. The largest absolute Gasteiger partial charge is 0.309 e. The van der Waals surface area contributed by atoms with Crippen molar-refractivity contribution in [3.05, 3.63) is 319 Å². The van der Waals surface area contributed by atoms with Gasteiger partial charge in [0.25, 0.3) is 0 Å². The first kappa shape index (κ1) is 44.8. The first-order valence-corrected chi connectivity index (χ1v) is 26.3. The van der Waals surface area contributed by atoms with Crippen molar-refractivity contribution in [1.82, 2.24) is 4.57 Å². The lowest BCUT2D eigenvalue weighted by Gasteiger charge is -2.31. The highest BCUT2D eigenvalue weighted by atomic mass is 32.1. The smallest absolute Gasteiger partial charge is 0.0725 e. The summed E-state index contributed by atoms with van der Waals surface area (Å²) in [6, 6.07) is 82.1. The number of para-hydroxylation sites is 1. The normalized spacial score (nSPS) is 13.6. The molecule has 2 aliphatic rings. The van der Waals surface area contributed by atoms with Crippen molar-refractivity contribution in [1.29, 1.82) is 0 Å². The van der Waals surface area contributed by atoms with Crippen LogP contribution in [-0.4, -0.2) is 4.57 Å². The van der Waals surface area contributed by atoms with Gasteiger partial charge in [-0.15, -0.1) is 11.3 Å². The van der Waals surface area contributed by atoms with Crippen molar-refractivity contribution < 1.29 is 0 Å². The minimum absolute atomic E-state index is 0.455. The monoisotopic (exact) mass is 961 g/mol. The molecule has 2 aromatic heterocycles. The zero-order valence-electron chi connectivity index (χ0n) is 41.1. The molecule has 0 atom stereocenters. The Morgan fingerprint density at radius 2 is 1.04 bits per heavy atom. The molecule has 2 heterocycles. The van der Waals surface area contributed by atoms with Gasteiger partial charge < -0.3 is 4.57 Å². The molecule has 2 aliphatic carbocycles. The summed E-state index contributed by atoms with van der Waals surface area (Å²) in [6.45, 7) is 5.93. The van der Waals surface area contributed by atoms with E-state index in [1.54, 1.807) is 6.08 Å². The highest BCUT2D eigenvalue weighted by Crippen LogP contribution is 2.62. The molecule has 1 nitrogen and oxygen atoms in total. The van der Waals surface area contributed by atoms with Crippen LogP contribution >= 0.6 is 11.3 Å². The molecule has 0 radical (unpaired) electrons. The summed E-state index contributed by atoms with van der Waals surface area (Å²) in [7, 11) is 0. The number of hydrogen-bond donors (Lipinski definition) is 0. The number of aryl methyl sites for hydroxylation is 1. The Kier molecular flexibility index (Phi) is 11.4. The Morgan fingerprint density at radius 1 is 0.446 bits per heavy atom. The maximum Gasteiger partial charge on any atom is 0.0725 e. The summed E-state index contributed by atoms with van der Waals surface area (Å²) in [5.74, 6) is 0. The van der Waals surface area contributed by atoms with Crippen molar-refractivity contribution in [3.8, 4) is 27.9 Å². The van der Waals surface area contributed by atoms with E-state index in [0.717, 1.165) is 5.69 Å². The Labute approximate surface area is 436 Å². The van der Waals surface area contributed by atoms with E-state index >= 15 is 0 Å². The lowest BCUT2D eigenvalue weighted by atomic mass is 9.69. The highest BCUT2D eigenvalue weighted by molar-refractivity contribution is 7.27. The summed E-state index contributed by atoms with van der Waals surface area (Å²) in [5.41, 5.74) is 18.5. The molecule has 74 heavy (non-hydrogen) atoms. The highest BCUT2D eigenvalue weighted by Gasteiger charge is 2.51. The molecule has 2 heteroatoms. The summed E-state index contributed by atoms with van der Waals surface area (Å²) < 4.78 is 5.11. The van der Waals surface area contributed by atoms with Crippen LogP contribution in [-0.2, 0) is 5.41 Å². The van der Waals surface area contributed by atoms with Crippen molar-refractivity contribution in [3.63, 3.8) is 0 Å². The lowest BCUT2D eigenvalue weighted by Crippen LogP contribution is -2.26. The van der Waals surface area contributed by atoms with Crippen LogP contribution in [0.4, 0.5) is 0 Å². The van der Waals surface area contributed by atoms with Gasteiger partial charge in [-0.3, -0.25) is 0 Å². The number of hydrogen-bond acceptors (Lipinski definition) is 1. The van der Waals surface area contributed by atoms with Gasteiger partial charge in [-0.25, -0.2) is 0 Å². The lowest BCUT2D eigenvalue weighted by molar-refractivity contribution is 0.786. The topological polar surface area (TPSA) is 4.93 Å². The van der Waals surface area contributed by atoms with Gasteiger partial charge in [0.05, 0.1) is 16.4 Å². The van der Waals surface area contributed by atoms with Gasteiger partial charge in [-0.1, -0.05) is 261 Å². The van der Waals surface area contributed by atoms with Gasteiger partial charge >= 0.3 is 0 Å². The van der Waals surface area contributed by atoms with Crippen LogP contribution in [0.5, 0.6) is 0 Å². The average molecular weight is 962 g/mol. The number of nitrogens with zero attached hydrogens (tertiary/aromatic N) is 1. The van der Waals surface area contributed by atoms with Crippen LogP contribution in [0, 0.1) is 6.92 Å². The Bertz CT molecular complexity index is 4260. The van der Waals surface area contributed by atoms with Crippen LogP contribution in [0.2, 0.25) is 0 Å². The van der Waals surface area contributed by atoms with Crippen LogP contribution < -0.4 is 0 Å². The maximum absolute atomic E-state index is 3.84. The first-order chi connectivity index (χ1) is 36.6. The summed E-state index contributed by atoms with van der Waals surface area (Å²) >= 11 is 1.92. The van der Waals surface area contributed by atoms with E-state index in [9.17, 15) is 0 Å². The van der Waals surface area contributed by atoms with Gasteiger partial charge in [0.1, 0.15) is 0 Å². The van der Waals surface area contributed by atoms with Gasteiger partial charge in [-0.2, -0.15) is 0 Å². The van der Waals surface area contributed by atoms with Gasteiger partial charge in [0, 0.05) is 42.0 Å². The van der Waals surface area contributed by atoms with Gasteiger partial charge in [0.15, 0.2) is 0 Å². The van der Waals surface area contributed by atoms with Crippen LogP contribution in [0.15, 0.2) is 285 Å². The second-order valence-electron chi connectivity index (χ2n) is 19.2. The summed E-state index contributed by atoms with van der Waals surface area (Å²) in [5, 5.41) is 7.72. The average Bonchev–Trinajstić information content (AvgIpc) is 4.35. The van der Waals surface area contributed by atoms with Crippen molar-refractivity contribution in [2.75, 3.05) is 0 Å². The molecular formula is C72H51NS. The standard InChI is InChI=1S/C65H43NS.C7H8/c1-2-3-4-5-6-13-31-58-50(49-28-18-21-34-57(49)65(58)55-32-19-16-26-47(55)48-27-17-20-33-56(48)65)38-35-43-36-40-60-54(41-43)61-51-29-14-15-30-52(51)63-62(64(61)67-60)53-39-37-45(44-22-9-7-10-23-44)42-59(53)66(63)46-24-11-8-12-25-46;1-7-5-3-2-4-6-7/h2-42H,1H2;2-6H,1H3/b4-3-,6-5-,31-13+,38-35-;. The number of rotatable bonds is 8. The molecule has 10 aromatic carbocycles. The maximum atomic E-state index is 3.84. The fourth-order valence-electron chi connectivity index (χ4n) is 11.9. The number of benzene rings is 10. The Morgan fingerprint density at radius 3 is 1.73 bits per heavy atom. The predicted octanol–water partition coefficient (Wildman–Crippen LogP) is 19.6. The molecule has 0 unspecified atom stereocenters. The number of allylic oxidation sites excluding steroid dienone is 10. The molecule has 0 saturated carbocycles. The number of aromatic nitrogens is 1. The fraction of sp³-hybridized carbons (Fsp3) is 0.0278. The predicted molar refractivity (Wildman–Crippen MR) is 320 cm³/mol. The molecular weight excluding hydrogens is 911 g/mol. The van der Waals surface area contributed by atoms with E-state index in [0.29, 0.717) is 0 Å². The van der Waals surface area contributed by atoms with Crippen LogP contribution in [0.25, 0.3) is 92.3 Å². The number of fused-ring (bicyclic) bond motifs is 17. The zero-order valence-corrected chi connectivity index (χ0v) is 41.9. The van der Waals surface area contributed by atoms with Gasteiger partial charge in [-0.05, 0) is 104 Å². The molecule has 0 bridgehead atoms. The van der Waals surface area contributed by atoms with Crippen LogP contribution in [0.3, 0.4) is 0 Å². The van der Waals surface area contributed by atoms with E-state index in [-0.39, 0.29) is 0 Å². The Hall–Kier alpha value is -9.08. The van der Waals surface area contributed by atoms with E-state index in [1.165, 1.54) is 120 Å². The Balaban J connectivity index is 0.000000700. The number of thiophene rings is 1. The van der Waals surface area contributed by atoms with Crippen LogP contribution in [0.1, 0.15) is 33.4 Å². The second kappa shape index (κ2) is 18.8. The van der Waals surface area contributed by atoms with Gasteiger partial charge in [0.2, 0.25) is 0 Å². The molecule has 0 aliphatic heterocycles. The molecule has 350 valence electrons. The zero-order chi connectivity index (χ0) is 49.6. The van der Waals surface area contributed by atoms with Crippen molar-refractivity contribution in [2.24, 2.45) is 0 Å². The van der Waals surface area contributed by atoms with E-state index in [2.05, 4.69) is 261 Å². The molecule has 14 rings (SSSR count). The second-order valence-corrected chi connectivity index (χ2v) is 20.2. The van der Waals surface area contributed by atoms with E-state index in [4.69, 9.17) is 0 Å². The van der Waals surface area contributed by atoms with E-state index in [1.807, 2.05) is 41.7 Å². The molecule has 0 N–H and O–H groups in total. The van der Waals surface area contributed by atoms with Crippen molar-refractivity contribution in [2.45, 2.75) is 12.3 Å². The third kappa shape index (κ3) is 7.29. The third-order valence-corrected chi connectivity index (χ3v) is 16.2.